The van der Waals surface area contributed by atoms with Crippen molar-refractivity contribution >= 4 is 27.5 Å². The molecular weight excluding hydrogens is 380 g/mol. The van der Waals surface area contributed by atoms with E-state index in [0.29, 0.717) is 33.4 Å². The van der Waals surface area contributed by atoms with Crippen molar-refractivity contribution in [1.82, 2.24) is 4.57 Å². The lowest BCUT2D eigenvalue weighted by Crippen LogP contribution is -2.16. The third kappa shape index (κ3) is 3.06. The number of benzene rings is 2. The number of carbonyl (C=O) groups excluding carboxylic acids is 1. The van der Waals surface area contributed by atoms with Gasteiger partial charge in [-0.15, -0.1) is 6.42 Å². The summed E-state index contributed by atoms with van der Waals surface area (Å²) in [5.41, 5.74) is 1.22. The van der Waals surface area contributed by atoms with Gasteiger partial charge >= 0.3 is 0 Å². The van der Waals surface area contributed by atoms with Crippen LogP contribution < -0.4 is 23.7 Å². The second kappa shape index (κ2) is 7.29. The number of rotatable bonds is 4. The van der Waals surface area contributed by atoms with Crippen molar-refractivity contribution < 1.29 is 23.7 Å². The van der Waals surface area contributed by atoms with Crippen LogP contribution in [0.1, 0.15) is 10.4 Å². The summed E-state index contributed by atoms with van der Waals surface area (Å²) in [7, 11) is 3.14. The second-order valence-electron chi connectivity index (χ2n) is 5.83. The topological polar surface area (TPSA) is 71.3 Å². The molecule has 0 spiro atoms. The van der Waals surface area contributed by atoms with Crippen LogP contribution >= 0.6 is 11.3 Å². The van der Waals surface area contributed by atoms with Gasteiger partial charge in [-0.25, -0.2) is 0 Å². The Morgan fingerprint density at radius 2 is 1.96 bits per heavy atom. The highest BCUT2D eigenvalue weighted by atomic mass is 32.1. The minimum absolute atomic E-state index is 0.145. The fourth-order valence-corrected chi connectivity index (χ4v) is 3.95. The number of thiazole rings is 1. The zero-order chi connectivity index (χ0) is 19.7. The summed E-state index contributed by atoms with van der Waals surface area (Å²) >= 11 is 1.35. The Bertz CT molecular complexity index is 1190. The number of amides is 1. The smallest absolute Gasteiger partial charge is 0.279 e. The number of nitrogens with zero attached hydrogens (tertiary/aromatic N) is 2. The summed E-state index contributed by atoms with van der Waals surface area (Å²) in [5.74, 6) is 4.52. The minimum Gasteiger partial charge on any atom is -0.493 e. The molecule has 1 aliphatic heterocycles. The molecule has 8 heteroatoms. The lowest BCUT2D eigenvalue weighted by atomic mass is 10.2. The van der Waals surface area contributed by atoms with Crippen molar-refractivity contribution in [1.29, 1.82) is 0 Å². The fourth-order valence-electron chi connectivity index (χ4n) is 2.91. The minimum atomic E-state index is -0.394. The van der Waals surface area contributed by atoms with Crippen LogP contribution in [-0.4, -0.2) is 31.5 Å². The number of methoxy groups -OCH3 is 2. The molecule has 4 rings (SSSR count). The van der Waals surface area contributed by atoms with Gasteiger partial charge in [0.05, 0.1) is 31.0 Å². The highest BCUT2D eigenvalue weighted by Gasteiger charge is 2.17. The summed E-state index contributed by atoms with van der Waals surface area (Å²) in [6.07, 6.45) is 5.53. The van der Waals surface area contributed by atoms with Crippen LogP contribution in [0.4, 0.5) is 0 Å². The molecule has 1 aromatic heterocycles. The Kier molecular flexibility index (Phi) is 4.67. The molecule has 3 aromatic rings. The van der Waals surface area contributed by atoms with Crippen LogP contribution in [-0.2, 0) is 6.54 Å². The van der Waals surface area contributed by atoms with Gasteiger partial charge in [0.25, 0.3) is 5.91 Å². The summed E-state index contributed by atoms with van der Waals surface area (Å²) in [6.45, 7) is 0.412. The van der Waals surface area contributed by atoms with Gasteiger partial charge in [0.1, 0.15) is 0 Å². The van der Waals surface area contributed by atoms with E-state index in [1.165, 1.54) is 11.3 Å². The predicted molar refractivity (Wildman–Crippen MR) is 104 cm³/mol. The molecule has 7 nitrogen and oxygen atoms in total. The van der Waals surface area contributed by atoms with Gasteiger partial charge in [-0.05, 0) is 18.2 Å². The van der Waals surface area contributed by atoms with Crippen LogP contribution in [0.5, 0.6) is 23.0 Å². The molecule has 28 heavy (non-hydrogen) atoms. The van der Waals surface area contributed by atoms with E-state index in [9.17, 15) is 4.79 Å². The van der Waals surface area contributed by atoms with Crippen LogP contribution in [0.3, 0.4) is 0 Å². The molecule has 0 atom stereocenters. The largest absolute Gasteiger partial charge is 0.493 e. The molecule has 1 amide bonds. The molecule has 0 N–H and O–H groups in total. The summed E-state index contributed by atoms with van der Waals surface area (Å²) in [5, 5.41) is 0. The zero-order valence-corrected chi connectivity index (χ0v) is 16.0. The van der Waals surface area contributed by atoms with Gasteiger partial charge in [-0.2, -0.15) is 4.99 Å². The van der Waals surface area contributed by atoms with E-state index in [4.69, 9.17) is 25.4 Å². The third-order valence-electron chi connectivity index (χ3n) is 4.25. The monoisotopic (exact) mass is 396 g/mol. The first kappa shape index (κ1) is 17.9. The summed E-state index contributed by atoms with van der Waals surface area (Å²) < 4.78 is 24.0. The molecular formula is C20H16N2O5S. The highest BCUT2D eigenvalue weighted by molar-refractivity contribution is 7.16. The van der Waals surface area contributed by atoms with Crippen molar-refractivity contribution in [3.63, 3.8) is 0 Å². The Morgan fingerprint density at radius 1 is 1.21 bits per heavy atom. The highest BCUT2D eigenvalue weighted by Crippen LogP contribution is 2.34. The summed E-state index contributed by atoms with van der Waals surface area (Å²) in [6, 6.07) is 8.65. The first-order chi connectivity index (χ1) is 13.6. The van der Waals surface area contributed by atoms with Crippen molar-refractivity contribution in [2.75, 3.05) is 21.0 Å². The van der Waals surface area contributed by atoms with Crippen molar-refractivity contribution in [2.24, 2.45) is 4.99 Å². The SMILES string of the molecule is C#CCn1c(=NC(=O)c2ccc3c(c2)OCO3)sc2cc(OC)c(OC)cc21. The van der Waals surface area contributed by atoms with Crippen molar-refractivity contribution in [2.45, 2.75) is 6.54 Å². The van der Waals surface area contributed by atoms with Crippen molar-refractivity contribution in [3.8, 4) is 35.3 Å². The Morgan fingerprint density at radius 3 is 2.71 bits per heavy atom. The van der Waals surface area contributed by atoms with Crippen LogP contribution in [0.2, 0.25) is 0 Å². The predicted octanol–water partition coefficient (Wildman–Crippen LogP) is 2.82. The number of hydrogen-bond donors (Lipinski definition) is 0. The first-order valence-electron chi connectivity index (χ1n) is 8.32. The maximum absolute atomic E-state index is 12.7. The normalized spacial score (nSPS) is 12.8. The van der Waals surface area contributed by atoms with Gasteiger partial charge in [0.15, 0.2) is 27.8 Å². The first-order valence-corrected chi connectivity index (χ1v) is 9.13. The number of ether oxygens (including phenoxy) is 4. The molecule has 0 unspecified atom stereocenters. The Labute approximate surface area is 164 Å². The molecule has 0 saturated carbocycles. The number of hydrogen-bond acceptors (Lipinski definition) is 6. The van der Waals surface area contributed by atoms with Crippen LogP contribution in [0.25, 0.3) is 10.2 Å². The van der Waals surface area contributed by atoms with Gasteiger partial charge in [0.2, 0.25) is 6.79 Å². The van der Waals surface area contributed by atoms with Gasteiger partial charge in [0, 0.05) is 17.7 Å². The molecule has 0 radical (unpaired) electrons. The molecule has 1 aliphatic rings. The second-order valence-corrected chi connectivity index (χ2v) is 6.84. The zero-order valence-electron chi connectivity index (χ0n) is 15.2. The van der Waals surface area contributed by atoms with E-state index in [2.05, 4.69) is 10.9 Å². The lowest BCUT2D eigenvalue weighted by Gasteiger charge is -2.08. The number of terminal acetylenes is 1. The van der Waals surface area contributed by atoms with Crippen molar-refractivity contribution in [3.05, 3.63) is 40.7 Å². The average Bonchev–Trinajstić information content (AvgIpc) is 3.31. The molecule has 0 saturated heterocycles. The average molecular weight is 396 g/mol. The molecule has 142 valence electrons. The van der Waals surface area contributed by atoms with E-state index in [0.717, 1.165) is 10.2 Å². The van der Waals surface area contributed by atoms with Gasteiger partial charge in [-0.3, -0.25) is 4.79 Å². The molecule has 0 bridgehead atoms. The Balaban J connectivity index is 1.83. The maximum atomic E-state index is 12.7. The molecule has 2 heterocycles. The number of fused-ring (bicyclic) bond motifs is 2. The van der Waals surface area contributed by atoms with E-state index in [1.54, 1.807) is 37.0 Å². The van der Waals surface area contributed by atoms with E-state index >= 15 is 0 Å². The van der Waals surface area contributed by atoms with Crippen LogP contribution in [0, 0.1) is 12.3 Å². The molecule has 2 aromatic carbocycles. The van der Waals surface area contributed by atoms with E-state index in [1.807, 2.05) is 12.1 Å². The number of carbonyl (C=O) groups is 1. The summed E-state index contributed by atoms with van der Waals surface area (Å²) in [4.78, 5) is 17.5. The fraction of sp³-hybridized carbons (Fsp3) is 0.200. The van der Waals surface area contributed by atoms with Crippen LogP contribution in [0.15, 0.2) is 35.3 Å². The quantitative estimate of drug-likeness (QED) is 0.634. The standard InChI is InChI=1S/C20H16N2O5S/c1-4-7-22-13-9-15(24-2)16(25-3)10-18(13)28-20(22)21-19(23)12-5-6-14-17(8-12)27-11-26-14/h1,5-6,8-10H,7,11H2,2-3H3. The van der Waals surface area contributed by atoms with Gasteiger partial charge in [-0.1, -0.05) is 17.3 Å². The maximum Gasteiger partial charge on any atom is 0.279 e. The number of aromatic nitrogens is 1. The Hall–Kier alpha value is -3.44. The molecule has 0 fully saturated rings. The molecule has 0 aliphatic carbocycles. The third-order valence-corrected chi connectivity index (χ3v) is 5.30. The van der Waals surface area contributed by atoms with E-state index in [-0.39, 0.29) is 13.3 Å². The van der Waals surface area contributed by atoms with E-state index < -0.39 is 5.91 Å². The van der Waals surface area contributed by atoms with Gasteiger partial charge < -0.3 is 23.5 Å². The lowest BCUT2D eigenvalue weighted by molar-refractivity contribution is 0.0997.